The molecule has 0 saturated carbocycles. The maximum Gasteiger partial charge on any atom is 0.137 e. The Balaban J connectivity index is 2.78. The van der Waals surface area contributed by atoms with Crippen molar-refractivity contribution in [3.63, 3.8) is 0 Å². The fourth-order valence-corrected chi connectivity index (χ4v) is 1.52. The SMILES string of the molecule is C/C=C/c1cnc2cccc(C)n12. The third-order valence-corrected chi connectivity index (χ3v) is 2.09. The van der Waals surface area contributed by atoms with Crippen LogP contribution >= 0.6 is 0 Å². The predicted molar refractivity (Wildman–Crippen MR) is 54.6 cm³/mol. The summed E-state index contributed by atoms with van der Waals surface area (Å²) < 4.78 is 2.14. The molecule has 2 nitrogen and oxygen atoms in total. The maximum atomic E-state index is 4.31. The zero-order chi connectivity index (χ0) is 9.26. The topological polar surface area (TPSA) is 17.3 Å². The molecule has 0 amide bonds. The average molecular weight is 172 g/mol. The van der Waals surface area contributed by atoms with E-state index >= 15 is 0 Å². The summed E-state index contributed by atoms with van der Waals surface area (Å²) in [7, 11) is 0. The molecule has 0 atom stereocenters. The van der Waals surface area contributed by atoms with Gasteiger partial charge in [0.05, 0.1) is 11.9 Å². The monoisotopic (exact) mass is 172 g/mol. The Morgan fingerprint density at radius 2 is 2.23 bits per heavy atom. The Morgan fingerprint density at radius 3 is 3.00 bits per heavy atom. The zero-order valence-electron chi connectivity index (χ0n) is 7.86. The molecule has 0 aliphatic rings. The summed E-state index contributed by atoms with van der Waals surface area (Å²) in [4.78, 5) is 4.31. The molecule has 0 fully saturated rings. The number of aryl methyl sites for hydroxylation is 1. The Bertz CT molecular complexity index is 452. The van der Waals surface area contributed by atoms with E-state index in [-0.39, 0.29) is 0 Å². The van der Waals surface area contributed by atoms with E-state index in [2.05, 4.69) is 28.5 Å². The van der Waals surface area contributed by atoms with Crippen LogP contribution in [0.5, 0.6) is 0 Å². The van der Waals surface area contributed by atoms with E-state index in [1.807, 2.05) is 31.3 Å². The number of pyridine rings is 1. The second-order valence-corrected chi connectivity index (χ2v) is 3.04. The van der Waals surface area contributed by atoms with Crippen molar-refractivity contribution in [3.8, 4) is 0 Å². The van der Waals surface area contributed by atoms with Gasteiger partial charge < -0.3 is 0 Å². The van der Waals surface area contributed by atoms with Gasteiger partial charge in [0.1, 0.15) is 5.65 Å². The van der Waals surface area contributed by atoms with Crippen LogP contribution in [0.2, 0.25) is 0 Å². The lowest BCUT2D eigenvalue weighted by atomic mass is 10.3. The lowest BCUT2D eigenvalue weighted by Crippen LogP contribution is -1.91. The molecule has 0 aliphatic carbocycles. The van der Waals surface area contributed by atoms with Gasteiger partial charge in [0, 0.05) is 5.69 Å². The molecule has 2 aromatic heterocycles. The number of nitrogens with zero attached hydrogens (tertiary/aromatic N) is 2. The molecule has 2 heteroatoms. The van der Waals surface area contributed by atoms with E-state index in [0.717, 1.165) is 11.3 Å². The van der Waals surface area contributed by atoms with Crippen LogP contribution in [0, 0.1) is 6.92 Å². The second kappa shape index (κ2) is 3.05. The Labute approximate surface area is 77.5 Å². The maximum absolute atomic E-state index is 4.31. The highest BCUT2D eigenvalue weighted by molar-refractivity contribution is 5.53. The number of allylic oxidation sites excluding steroid dienone is 1. The third kappa shape index (κ3) is 1.24. The van der Waals surface area contributed by atoms with Crippen LogP contribution in [-0.2, 0) is 0 Å². The van der Waals surface area contributed by atoms with Crippen LogP contribution in [-0.4, -0.2) is 9.38 Å². The summed E-state index contributed by atoms with van der Waals surface area (Å²) in [5.74, 6) is 0. The van der Waals surface area contributed by atoms with Gasteiger partial charge in [0.2, 0.25) is 0 Å². The van der Waals surface area contributed by atoms with Gasteiger partial charge in [-0.15, -0.1) is 0 Å². The number of hydrogen-bond donors (Lipinski definition) is 0. The molecule has 0 bridgehead atoms. The summed E-state index contributed by atoms with van der Waals surface area (Å²) in [6.07, 6.45) is 5.98. The van der Waals surface area contributed by atoms with E-state index in [1.54, 1.807) is 0 Å². The van der Waals surface area contributed by atoms with Crippen LogP contribution in [0.3, 0.4) is 0 Å². The number of rotatable bonds is 1. The van der Waals surface area contributed by atoms with Crippen LogP contribution in [0.4, 0.5) is 0 Å². The molecule has 13 heavy (non-hydrogen) atoms. The second-order valence-electron chi connectivity index (χ2n) is 3.04. The van der Waals surface area contributed by atoms with Gasteiger partial charge in [-0.05, 0) is 32.1 Å². The van der Waals surface area contributed by atoms with Crippen LogP contribution in [0.1, 0.15) is 18.3 Å². The largest absolute Gasteiger partial charge is 0.298 e. The molecular formula is C11H12N2. The first-order chi connectivity index (χ1) is 6.33. The van der Waals surface area contributed by atoms with Gasteiger partial charge >= 0.3 is 0 Å². The van der Waals surface area contributed by atoms with Crippen molar-refractivity contribution in [3.05, 3.63) is 41.9 Å². The van der Waals surface area contributed by atoms with Gasteiger partial charge in [0.15, 0.2) is 0 Å². The third-order valence-electron chi connectivity index (χ3n) is 2.09. The van der Waals surface area contributed by atoms with E-state index < -0.39 is 0 Å². The molecule has 2 rings (SSSR count). The standard InChI is InChI=1S/C11H12N2/c1-3-5-10-8-12-11-7-4-6-9(2)13(10)11/h3-8H,1-2H3/b5-3+. The molecule has 0 spiro atoms. The highest BCUT2D eigenvalue weighted by Crippen LogP contribution is 2.11. The summed E-state index contributed by atoms with van der Waals surface area (Å²) in [5.41, 5.74) is 3.35. The smallest absolute Gasteiger partial charge is 0.137 e. The number of aromatic nitrogens is 2. The van der Waals surface area contributed by atoms with E-state index in [1.165, 1.54) is 5.69 Å². The quantitative estimate of drug-likeness (QED) is 0.646. The summed E-state index contributed by atoms with van der Waals surface area (Å²) in [6, 6.07) is 6.12. The Kier molecular flexibility index (Phi) is 1.89. The predicted octanol–water partition coefficient (Wildman–Crippen LogP) is 2.68. The summed E-state index contributed by atoms with van der Waals surface area (Å²) >= 11 is 0. The van der Waals surface area contributed by atoms with Crippen molar-refractivity contribution < 1.29 is 0 Å². The fraction of sp³-hybridized carbons (Fsp3) is 0.182. The minimum Gasteiger partial charge on any atom is -0.298 e. The van der Waals surface area contributed by atoms with E-state index in [9.17, 15) is 0 Å². The van der Waals surface area contributed by atoms with Gasteiger partial charge in [-0.25, -0.2) is 4.98 Å². The molecule has 0 aliphatic heterocycles. The van der Waals surface area contributed by atoms with E-state index in [4.69, 9.17) is 0 Å². The number of imidazole rings is 1. The van der Waals surface area contributed by atoms with Crippen LogP contribution < -0.4 is 0 Å². The minimum absolute atomic E-state index is 1.01. The van der Waals surface area contributed by atoms with Gasteiger partial charge in [-0.1, -0.05) is 12.1 Å². The molecule has 0 N–H and O–H groups in total. The molecule has 66 valence electrons. The number of fused-ring (bicyclic) bond motifs is 1. The molecule has 0 saturated heterocycles. The van der Waals surface area contributed by atoms with Crippen molar-refractivity contribution in [2.45, 2.75) is 13.8 Å². The molecule has 0 unspecified atom stereocenters. The lowest BCUT2D eigenvalue weighted by Gasteiger charge is -2.00. The van der Waals surface area contributed by atoms with Crippen molar-refractivity contribution in [1.82, 2.24) is 9.38 Å². The first-order valence-corrected chi connectivity index (χ1v) is 4.38. The average Bonchev–Trinajstić information content (AvgIpc) is 2.51. The molecule has 2 heterocycles. The van der Waals surface area contributed by atoms with Gasteiger partial charge in [0.25, 0.3) is 0 Å². The van der Waals surface area contributed by atoms with Crippen LogP contribution in [0.15, 0.2) is 30.5 Å². The molecular weight excluding hydrogens is 160 g/mol. The molecule has 0 radical (unpaired) electrons. The van der Waals surface area contributed by atoms with Crippen molar-refractivity contribution >= 4 is 11.7 Å². The molecule has 2 aromatic rings. The lowest BCUT2D eigenvalue weighted by molar-refractivity contribution is 1.08. The summed E-state index contributed by atoms with van der Waals surface area (Å²) in [5, 5.41) is 0. The van der Waals surface area contributed by atoms with Crippen LogP contribution in [0.25, 0.3) is 11.7 Å². The minimum atomic E-state index is 1.01. The summed E-state index contributed by atoms with van der Waals surface area (Å²) in [6.45, 7) is 4.10. The highest BCUT2D eigenvalue weighted by Gasteiger charge is 2.00. The molecule has 0 aromatic carbocycles. The van der Waals surface area contributed by atoms with Crippen molar-refractivity contribution in [2.75, 3.05) is 0 Å². The van der Waals surface area contributed by atoms with Crippen molar-refractivity contribution in [1.29, 1.82) is 0 Å². The first-order valence-electron chi connectivity index (χ1n) is 4.38. The van der Waals surface area contributed by atoms with Gasteiger partial charge in [-0.3, -0.25) is 4.40 Å². The zero-order valence-corrected chi connectivity index (χ0v) is 7.86. The number of hydrogen-bond acceptors (Lipinski definition) is 1. The fourth-order valence-electron chi connectivity index (χ4n) is 1.52. The Morgan fingerprint density at radius 1 is 1.38 bits per heavy atom. The first kappa shape index (κ1) is 8.05. The Hall–Kier alpha value is -1.57. The van der Waals surface area contributed by atoms with Gasteiger partial charge in [-0.2, -0.15) is 0 Å². The van der Waals surface area contributed by atoms with E-state index in [0.29, 0.717) is 0 Å². The highest BCUT2D eigenvalue weighted by atomic mass is 15.0. The van der Waals surface area contributed by atoms with Crippen molar-refractivity contribution in [2.24, 2.45) is 0 Å². The normalized spacial score (nSPS) is 11.5.